The number of benzene rings is 1. The van der Waals surface area contributed by atoms with Crippen LogP contribution in [0.3, 0.4) is 0 Å². The summed E-state index contributed by atoms with van der Waals surface area (Å²) in [6, 6.07) is 5.60. The van der Waals surface area contributed by atoms with Gasteiger partial charge in [-0.25, -0.2) is 4.98 Å². The Hall–Kier alpha value is -4.66. The molecule has 0 spiro atoms. The number of nitrogens with zero attached hydrogens (tertiary/aromatic N) is 7. The second kappa shape index (κ2) is 12.3. The molecule has 1 saturated heterocycles. The fourth-order valence-electron chi connectivity index (χ4n) is 6.77. The van der Waals surface area contributed by atoms with Crippen molar-refractivity contribution in [1.29, 1.82) is 0 Å². The number of alkyl halides is 3. The number of fused-ring (bicyclic) bond motifs is 1. The monoisotopic (exact) mass is 631 g/mol. The van der Waals surface area contributed by atoms with Crippen molar-refractivity contribution in [3.8, 4) is 23.6 Å². The van der Waals surface area contributed by atoms with Crippen molar-refractivity contribution in [2.45, 2.75) is 65.1 Å². The first-order valence-corrected chi connectivity index (χ1v) is 15.6. The van der Waals surface area contributed by atoms with E-state index in [1.54, 1.807) is 16.7 Å². The molecule has 2 fully saturated rings. The summed E-state index contributed by atoms with van der Waals surface area (Å²) in [6.07, 6.45) is 12.0. The number of hydrogen-bond acceptors (Lipinski definition) is 5. The standard InChI is InChI=1S/C34H36F3N7O2/c1-4-13-43-22-26(29(40-43)34(35,36)37)28-21-39-30-27(38-12-14-44(28)30)20-24-8-9-25(23(2)19-24)31(45)41-15-17-42(18-16-41)32(46)33(3)10-6-5-7-11-33/h1,8-9,12,14,19,21-22H,5-7,10-11,13,15-18,20H2,2-3H3. The maximum atomic E-state index is 13.8. The molecule has 1 saturated carbocycles. The van der Waals surface area contributed by atoms with E-state index < -0.39 is 11.9 Å². The topological polar surface area (TPSA) is 88.6 Å². The molecule has 1 aliphatic carbocycles. The van der Waals surface area contributed by atoms with E-state index in [9.17, 15) is 22.8 Å². The molecular formula is C34H36F3N7O2. The van der Waals surface area contributed by atoms with Gasteiger partial charge in [-0.1, -0.05) is 44.2 Å². The number of halogens is 3. The molecule has 1 aromatic carbocycles. The average Bonchev–Trinajstić information content (AvgIpc) is 3.66. The minimum atomic E-state index is -4.68. The van der Waals surface area contributed by atoms with Crippen LogP contribution in [0.1, 0.15) is 71.9 Å². The van der Waals surface area contributed by atoms with Crippen molar-refractivity contribution in [2.24, 2.45) is 5.41 Å². The quantitative estimate of drug-likeness (QED) is 0.266. The molecule has 1 aliphatic heterocycles. The highest BCUT2D eigenvalue weighted by atomic mass is 19.4. The van der Waals surface area contributed by atoms with Crippen LogP contribution in [0.25, 0.3) is 16.9 Å². The number of aromatic nitrogens is 5. The van der Waals surface area contributed by atoms with E-state index in [2.05, 4.69) is 27.9 Å². The predicted molar refractivity (Wildman–Crippen MR) is 166 cm³/mol. The third-order valence-electron chi connectivity index (χ3n) is 9.28. The maximum Gasteiger partial charge on any atom is 0.435 e. The van der Waals surface area contributed by atoms with Crippen molar-refractivity contribution in [3.63, 3.8) is 0 Å². The molecule has 46 heavy (non-hydrogen) atoms. The van der Waals surface area contributed by atoms with Crippen molar-refractivity contribution < 1.29 is 22.8 Å². The minimum absolute atomic E-state index is 0.0657. The Labute approximate surface area is 265 Å². The molecule has 0 radical (unpaired) electrons. The number of terminal acetylenes is 1. The van der Waals surface area contributed by atoms with Crippen LogP contribution in [0.4, 0.5) is 13.2 Å². The fraction of sp³-hybridized carbons (Fsp3) is 0.441. The van der Waals surface area contributed by atoms with Crippen LogP contribution in [-0.2, 0) is 23.9 Å². The average molecular weight is 632 g/mol. The van der Waals surface area contributed by atoms with Gasteiger partial charge in [0.15, 0.2) is 11.3 Å². The fourth-order valence-corrected chi connectivity index (χ4v) is 6.77. The molecule has 0 bridgehead atoms. The SMILES string of the molecule is C#CCn1cc(-c2cnc3c(Cc4ccc(C(=O)N5CCN(C(=O)C6(C)CCCCC6)CC5)c(C)c4)nccn23)c(C(F)(F)F)n1. The Morgan fingerprint density at radius 1 is 1.04 bits per heavy atom. The van der Waals surface area contributed by atoms with Crippen molar-refractivity contribution in [1.82, 2.24) is 33.9 Å². The smallest absolute Gasteiger partial charge is 0.339 e. The first kappa shape index (κ1) is 31.3. The van der Waals surface area contributed by atoms with E-state index in [4.69, 9.17) is 6.42 Å². The number of rotatable bonds is 6. The van der Waals surface area contributed by atoms with E-state index in [0.717, 1.165) is 41.5 Å². The molecule has 240 valence electrons. The van der Waals surface area contributed by atoms with Gasteiger partial charge in [0.25, 0.3) is 5.91 Å². The first-order valence-electron chi connectivity index (χ1n) is 15.6. The van der Waals surface area contributed by atoms with Gasteiger partial charge < -0.3 is 9.80 Å². The van der Waals surface area contributed by atoms with Crippen LogP contribution < -0.4 is 0 Å². The number of piperazine rings is 1. The molecular weight excluding hydrogens is 595 g/mol. The highest BCUT2D eigenvalue weighted by Gasteiger charge is 2.40. The molecule has 0 atom stereocenters. The van der Waals surface area contributed by atoms with Gasteiger partial charge in [0.2, 0.25) is 5.91 Å². The van der Waals surface area contributed by atoms with Crippen LogP contribution in [0.15, 0.2) is 43.0 Å². The van der Waals surface area contributed by atoms with E-state index in [0.29, 0.717) is 49.5 Å². The van der Waals surface area contributed by atoms with Crippen LogP contribution >= 0.6 is 0 Å². The Morgan fingerprint density at radius 2 is 1.76 bits per heavy atom. The summed E-state index contributed by atoms with van der Waals surface area (Å²) in [5.41, 5.74) is 2.06. The summed E-state index contributed by atoms with van der Waals surface area (Å²) in [6.45, 7) is 5.93. The van der Waals surface area contributed by atoms with Gasteiger partial charge in [-0.2, -0.15) is 18.3 Å². The second-order valence-electron chi connectivity index (χ2n) is 12.5. The molecule has 9 nitrogen and oxygen atoms in total. The minimum Gasteiger partial charge on any atom is -0.339 e. The molecule has 12 heteroatoms. The van der Waals surface area contributed by atoms with Crippen LogP contribution in [-0.4, -0.2) is 71.9 Å². The lowest BCUT2D eigenvalue weighted by Crippen LogP contribution is -2.54. The zero-order valence-corrected chi connectivity index (χ0v) is 26.0. The molecule has 2 amide bonds. The third-order valence-corrected chi connectivity index (χ3v) is 9.28. The molecule has 4 aromatic rings. The lowest BCUT2D eigenvalue weighted by atomic mass is 9.74. The summed E-state index contributed by atoms with van der Waals surface area (Å²) in [5, 5.41) is 3.67. The second-order valence-corrected chi connectivity index (χ2v) is 12.5. The van der Waals surface area contributed by atoms with E-state index >= 15 is 0 Å². The number of carbonyl (C=O) groups excluding carboxylic acids is 2. The summed E-state index contributed by atoms with van der Waals surface area (Å²) in [5.74, 6) is 2.46. The normalized spacial score (nSPS) is 16.9. The van der Waals surface area contributed by atoms with Crippen molar-refractivity contribution >= 4 is 17.5 Å². The van der Waals surface area contributed by atoms with Gasteiger partial charge in [-0.3, -0.25) is 23.7 Å². The van der Waals surface area contributed by atoms with Gasteiger partial charge in [0, 0.05) is 62.2 Å². The summed E-state index contributed by atoms with van der Waals surface area (Å²) >= 11 is 0. The zero-order valence-electron chi connectivity index (χ0n) is 26.0. The summed E-state index contributed by atoms with van der Waals surface area (Å²) in [4.78, 5) is 39.4. The molecule has 2 aliphatic rings. The van der Waals surface area contributed by atoms with Crippen molar-refractivity contribution in [3.05, 3.63) is 71.1 Å². The van der Waals surface area contributed by atoms with Crippen LogP contribution in [0, 0.1) is 24.7 Å². The Balaban J connectivity index is 1.17. The van der Waals surface area contributed by atoms with E-state index in [-0.39, 0.29) is 35.0 Å². The zero-order chi connectivity index (χ0) is 32.6. The van der Waals surface area contributed by atoms with Crippen LogP contribution in [0.5, 0.6) is 0 Å². The summed E-state index contributed by atoms with van der Waals surface area (Å²) in [7, 11) is 0. The van der Waals surface area contributed by atoms with Gasteiger partial charge in [0.05, 0.1) is 23.1 Å². The lowest BCUT2D eigenvalue weighted by Gasteiger charge is -2.41. The maximum absolute atomic E-state index is 13.8. The Bertz CT molecular complexity index is 1820. The number of aryl methyl sites for hydroxylation is 1. The number of amides is 2. The largest absolute Gasteiger partial charge is 0.435 e. The number of hydrogen-bond donors (Lipinski definition) is 0. The predicted octanol–water partition coefficient (Wildman–Crippen LogP) is 5.40. The van der Waals surface area contributed by atoms with Crippen LogP contribution in [0.2, 0.25) is 0 Å². The molecule has 3 aromatic heterocycles. The Morgan fingerprint density at radius 3 is 2.43 bits per heavy atom. The van der Waals surface area contributed by atoms with Gasteiger partial charge >= 0.3 is 6.18 Å². The Kier molecular flexibility index (Phi) is 8.35. The van der Waals surface area contributed by atoms with Crippen molar-refractivity contribution in [2.75, 3.05) is 26.2 Å². The molecule has 6 rings (SSSR count). The number of carbonyl (C=O) groups is 2. The molecule has 0 unspecified atom stereocenters. The van der Waals surface area contributed by atoms with Gasteiger partial charge in [-0.15, -0.1) is 6.42 Å². The van der Waals surface area contributed by atoms with Gasteiger partial charge in [0.1, 0.15) is 6.54 Å². The molecule has 0 N–H and O–H groups in total. The van der Waals surface area contributed by atoms with Gasteiger partial charge in [-0.05, 0) is 37.0 Å². The summed E-state index contributed by atoms with van der Waals surface area (Å²) < 4.78 is 44.1. The molecule has 4 heterocycles. The third kappa shape index (κ3) is 5.98. The lowest BCUT2D eigenvalue weighted by molar-refractivity contribution is -0.144. The first-order chi connectivity index (χ1) is 22.0. The van der Waals surface area contributed by atoms with E-state index in [1.807, 2.05) is 28.9 Å². The highest BCUT2D eigenvalue weighted by Crippen LogP contribution is 2.38. The number of imidazole rings is 1. The van der Waals surface area contributed by atoms with E-state index in [1.165, 1.54) is 25.0 Å². The highest BCUT2D eigenvalue weighted by molar-refractivity contribution is 5.96.